The van der Waals surface area contributed by atoms with Gasteiger partial charge < -0.3 is 20.1 Å². The van der Waals surface area contributed by atoms with E-state index in [-0.39, 0.29) is 18.1 Å². The molecule has 2 N–H and O–H groups in total. The first kappa shape index (κ1) is 23.9. The molecule has 0 aromatic heterocycles. The number of nitrogens with zero attached hydrogens (tertiary/aromatic N) is 1. The van der Waals surface area contributed by atoms with Crippen LogP contribution in [0.3, 0.4) is 0 Å². The molecule has 6 nitrogen and oxygen atoms in total. The van der Waals surface area contributed by atoms with Gasteiger partial charge in [-0.3, -0.25) is 4.90 Å². The van der Waals surface area contributed by atoms with Crippen molar-refractivity contribution in [2.75, 3.05) is 27.3 Å². The Bertz CT molecular complexity index is 915. The normalized spacial score (nSPS) is 16.7. The summed E-state index contributed by atoms with van der Waals surface area (Å²) in [4.78, 5) is 15.1. The number of benzene rings is 2. The van der Waals surface area contributed by atoms with Crippen molar-refractivity contribution < 1.29 is 14.3 Å². The summed E-state index contributed by atoms with van der Waals surface area (Å²) < 4.78 is 11.2. The van der Waals surface area contributed by atoms with Crippen LogP contribution in [0, 0.1) is 6.92 Å². The van der Waals surface area contributed by atoms with Gasteiger partial charge in [0.2, 0.25) is 0 Å². The zero-order valence-corrected chi connectivity index (χ0v) is 20.0. The fourth-order valence-electron chi connectivity index (χ4n) is 4.55. The Kier molecular flexibility index (Phi) is 8.39. The molecular weight excluding hydrogens is 402 g/mol. The summed E-state index contributed by atoms with van der Waals surface area (Å²) in [6, 6.07) is 12.6. The monoisotopic (exact) mass is 439 g/mol. The summed E-state index contributed by atoms with van der Waals surface area (Å²) in [5, 5.41) is 6.21. The first-order valence-corrected chi connectivity index (χ1v) is 11.6. The van der Waals surface area contributed by atoms with Gasteiger partial charge in [-0.15, -0.1) is 0 Å². The molecule has 1 aliphatic rings. The smallest absolute Gasteiger partial charge is 0.315 e. The molecule has 174 valence electrons. The lowest BCUT2D eigenvalue weighted by Gasteiger charge is -2.42. The van der Waals surface area contributed by atoms with Crippen molar-refractivity contribution in [2.24, 2.45) is 0 Å². The van der Waals surface area contributed by atoms with Crippen LogP contribution in [0.1, 0.15) is 55.0 Å². The van der Waals surface area contributed by atoms with E-state index in [2.05, 4.69) is 72.7 Å². The van der Waals surface area contributed by atoms with Gasteiger partial charge in [-0.25, -0.2) is 4.79 Å². The van der Waals surface area contributed by atoms with Crippen molar-refractivity contribution in [3.8, 4) is 11.5 Å². The first-order chi connectivity index (χ1) is 15.5. The van der Waals surface area contributed by atoms with Gasteiger partial charge in [0.1, 0.15) is 0 Å². The molecule has 0 bridgehead atoms. The summed E-state index contributed by atoms with van der Waals surface area (Å²) >= 11 is 0. The predicted octanol–water partition coefficient (Wildman–Crippen LogP) is 4.60. The molecule has 0 saturated heterocycles. The Morgan fingerprint density at radius 3 is 2.53 bits per heavy atom. The second-order valence-electron chi connectivity index (χ2n) is 8.41. The number of rotatable bonds is 9. The molecule has 0 fully saturated rings. The van der Waals surface area contributed by atoms with Crippen molar-refractivity contribution in [1.82, 2.24) is 15.5 Å². The van der Waals surface area contributed by atoms with Crippen molar-refractivity contribution in [3.63, 3.8) is 0 Å². The topological polar surface area (TPSA) is 62.8 Å². The van der Waals surface area contributed by atoms with Crippen LogP contribution in [0.5, 0.6) is 11.5 Å². The maximum absolute atomic E-state index is 12.6. The van der Waals surface area contributed by atoms with Gasteiger partial charge in [0.15, 0.2) is 11.5 Å². The van der Waals surface area contributed by atoms with Crippen LogP contribution in [0.4, 0.5) is 4.79 Å². The second kappa shape index (κ2) is 11.2. The highest BCUT2D eigenvalue weighted by atomic mass is 16.5. The molecule has 0 saturated carbocycles. The molecule has 0 unspecified atom stereocenters. The number of aryl methyl sites for hydroxylation is 1. The molecule has 3 rings (SSSR count). The average Bonchev–Trinajstić information content (AvgIpc) is 2.81. The fraction of sp³-hybridized carbons (Fsp3) is 0.500. The molecule has 2 aromatic rings. The molecule has 2 amide bonds. The van der Waals surface area contributed by atoms with Gasteiger partial charge in [0.25, 0.3) is 0 Å². The van der Waals surface area contributed by atoms with Crippen LogP contribution in [-0.2, 0) is 13.0 Å². The van der Waals surface area contributed by atoms with E-state index in [0.29, 0.717) is 6.54 Å². The molecule has 0 spiro atoms. The first-order valence-electron chi connectivity index (χ1n) is 11.6. The summed E-state index contributed by atoms with van der Waals surface area (Å²) in [5.74, 6) is 1.47. The number of hydrogen-bond acceptors (Lipinski definition) is 4. The Hall–Kier alpha value is -2.73. The highest BCUT2D eigenvalue weighted by Gasteiger charge is 2.35. The number of carbonyl (C=O) groups is 1. The Morgan fingerprint density at radius 2 is 1.88 bits per heavy atom. The van der Waals surface area contributed by atoms with E-state index in [1.165, 1.54) is 22.3 Å². The third-order valence-corrected chi connectivity index (χ3v) is 6.33. The zero-order chi connectivity index (χ0) is 23.1. The largest absolute Gasteiger partial charge is 0.493 e. The van der Waals surface area contributed by atoms with Crippen molar-refractivity contribution >= 4 is 6.03 Å². The summed E-state index contributed by atoms with van der Waals surface area (Å²) in [6.07, 6.45) is 2.66. The fourth-order valence-corrected chi connectivity index (χ4v) is 4.55. The van der Waals surface area contributed by atoms with Crippen LogP contribution in [0.2, 0.25) is 0 Å². The Balaban J connectivity index is 2.00. The van der Waals surface area contributed by atoms with Gasteiger partial charge in [0, 0.05) is 19.6 Å². The maximum atomic E-state index is 12.6. The molecule has 1 aliphatic heterocycles. The molecular formula is C26H37N3O3. The molecule has 32 heavy (non-hydrogen) atoms. The maximum Gasteiger partial charge on any atom is 0.315 e. The van der Waals surface area contributed by atoms with Gasteiger partial charge in [-0.1, -0.05) is 38.1 Å². The number of hydrogen-bond donors (Lipinski definition) is 2. The number of carbonyl (C=O) groups excluding carboxylic acids is 1. The van der Waals surface area contributed by atoms with Crippen LogP contribution in [0.25, 0.3) is 0 Å². The van der Waals surface area contributed by atoms with Crippen LogP contribution >= 0.6 is 0 Å². The third kappa shape index (κ3) is 5.36. The lowest BCUT2D eigenvalue weighted by atomic mass is 9.86. The molecule has 2 aromatic carbocycles. The third-order valence-electron chi connectivity index (χ3n) is 6.33. The summed E-state index contributed by atoms with van der Waals surface area (Å²) in [7, 11) is 3.34. The Morgan fingerprint density at radius 1 is 1.16 bits per heavy atom. The second-order valence-corrected chi connectivity index (χ2v) is 8.41. The SMILES string of the molecule is CCCNC(=O)N[C@H](CC)[C@H]1c2cc(OC)c(OC)cc2CCN1Cc1ccccc1C. The minimum Gasteiger partial charge on any atom is -0.493 e. The van der Waals surface area contributed by atoms with Crippen molar-refractivity contribution in [3.05, 3.63) is 58.7 Å². The molecule has 2 atom stereocenters. The summed E-state index contributed by atoms with van der Waals surface area (Å²) in [6.45, 7) is 8.76. The molecule has 6 heteroatoms. The number of urea groups is 1. The van der Waals surface area contributed by atoms with Gasteiger partial charge in [0.05, 0.1) is 26.3 Å². The minimum absolute atomic E-state index is 0.0342. The van der Waals surface area contributed by atoms with Crippen LogP contribution in [-0.4, -0.2) is 44.3 Å². The van der Waals surface area contributed by atoms with Crippen LogP contribution < -0.4 is 20.1 Å². The van der Waals surface area contributed by atoms with Crippen molar-refractivity contribution in [1.29, 1.82) is 0 Å². The lowest BCUT2D eigenvalue weighted by molar-refractivity contribution is 0.135. The van der Waals surface area contributed by atoms with Gasteiger partial charge in [-0.2, -0.15) is 0 Å². The van der Waals surface area contributed by atoms with E-state index in [1.54, 1.807) is 14.2 Å². The molecule has 0 radical (unpaired) electrons. The van der Waals surface area contributed by atoms with Gasteiger partial charge >= 0.3 is 6.03 Å². The van der Waals surface area contributed by atoms with E-state index in [9.17, 15) is 4.79 Å². The molecule has 0 aliphatic carbocycles. The van der Waals surface area contributed by atoms with Gasteiger partial charge in [-0.05, 0) is 60.6 Å². The highest BCUT2D eigenvalue weighted by molar-refractivity contribution is 5.74. The number of methoxy groups -OCH3 is 2. The van der Waals surface area contributed by atoms with Crippen molar-refractivity contribution in [2.45, 2.75) is 58.7 Å². The van der Waals surface area contributed by atoms with E-state index in [1.807, 2.05) is 0 Å². The van der Waals surface area contributed by atoms with E-state index in [0.717, 1.165) is 43.9 Å². The predicted molar refractivity (Wildman–Crippen MR) is 128 cm³/mol. The quantitative estimate of drug-likeness (QED) is 0.599. The molecule has 1 heterocycles. The number of amides is 2. The number of fused-ring (bicyclic) bond motifs is 1. The summed E-state index contributed by atoms with van der Waals surface area (Å²) in [5.41, 5.74) is 5.05. The Labute approximate surface area is 192 Å². The van der Waals surface area contributed by atoms with E-state index >= 15 is 0 Å². The number of nitrogens with one attached hydrogen (secondary N) is 2. The zero-order valence-electron chi connectivity index (χ0n) is 20.0. The van der Waals surface area contributed by atoms with E-state index in [4.69, 9.17) is 9.47 Å². The highest BCUT2D eigenvalue weighted by Crippen LogP contribution is 2.40. The van der Waals surface area contributed by atoms with E-state index < -0.39 is 0 Å². The minimum atomic E-state index is -0.109. The average molecular weight is 440 g/mol. The standard InChI is InChI=1S/C26H37N3O3/c1-6-13-27-26(30)28-22(7-2)25-21-16-24(32-5)23(31-4)15-19(21)12-14-29(25)17-20-11-9-8-10-18(20)3/h8-11,15-16,22,25H,6-7,12-14,17H2,1-5H3,(H2,27,28,30)/t22-,25-/m1/s1. The number of ether oxygens (including phenoxy) is 2. The van der Waals surface area contributed by atoms with Crippen LogP contribution in [0.15, 0.2) is 36.4 Å². The lowest BCUT2D eigenvalue weighted by Crippen LogP contribution is -2.51.